The molecular weight excluding hydrogens is 514 g/mol. The number of halogens is 1. The number of aromatic nitrogens is 4. The number of ether oxygens (including phenoxy) is 3. The van der Waals surface area contributed by atoms with Crippen molar-refractivity contribution >= 4 is 55.3 Å². The van der Waals surface area contributed by atoms with E-state index in [9.17, 15) is 9.59 Å². The van der Waals surface area contributed by atoms with Gasteiger partial charge in [0.2, 0.25) is 5.95 Å². The lowest BCUT2D eigenvalue weighted by molar-refractivity contribution is 0.0427. The Balaban J connectivity index is 2.42. The SMILES string of the molecule is CC(C)(C)OC(=O)N(C(=O)OC(C)(C)C)c1nc(Br)c2ncn(COCCS(C)(C)C)c2n1. The van der Waals surface area contributed by atoms with Crippen LogP contribution in [0.2, 0.25) is 0 Å². The number of hydrogen-bond acceptors (Lipinski definition) is 8. The van der Waals surface area contributed by atoms with Crippen LogP contribution in [0.15, 0.2) is 10.9 Å². The molecule has 0 aliphatic rings. The number of carbonyl (C=O) groups is 2. The van der Waals surface area contributed by atoms with Crippen LogP contribution in [0, 0.1) is 0 Å². The molecule has 0 N–H and O–H groups in total. The summed E-state index contributed by atoms with van der Waals surface area (Å²) in [5.41, 5.74) is -0.823. The topological polar surface area (TPSA) is 109 Å². The zero-order valence-electron chi connectivity index (χ0n) is 20.8. The lowest BCUT2D eigenvalue weighted by Crippen LogP contribution is -2.44. The van der Waals surface area contributed by atoms with Gasteiger partial charge < -0.3 is 14.2 Å². The Bertz CT molecular complexity index is 979. The molecule has 0 saturated carbocycles. The maximum atomic E-state index is 12.9. The van der Waals surface area contributed by atoms with Gasteiger partial charge in [-0.05, 0) is 76.2 Å². The van der Waals surface area contributed by atoms with E-state index in [1.165, 1.54) is 0 Å². The molecule has 0 saturated heterocycles. The highest BCUT2D eigenvalue weighted by molar-refractivity contribution is 9.10. The fraction of sp³-hybridized carbons (Fsp3) is 0.667. The molecule has 0 radical (unpaired) electrons. The minimum Gasteiger partial charge on any atom is -0.443 e. The molecule has 2 aromatic rings. The second kappa shape index (κ2) is 10.1. The molecule has 0 spiro atoms. The molecule has 0 aliphatic heterocycles. The van der Waals surface area contributed by atoms with Crippen molar-refractivity contribution in [3.8, 4) is 0 Å². The van der Waals surface area contributed by atoms with Crippen LogP contribution in [-0.2, 0) is 20.9 Å². The van der Waals surface area contributed by atoms with Crippen molar-refractivity contribution in [2.24, 2.45) is 0 Å². The van der Waals surface area contributed by atoms with Crippen LogP contribution in [0.25, 0.3) is 11.2 Å². The number of imidazole rings is 1. The number of anilines is 1. The summed E-state index contributed by atoms with van der Waals surface area (Å²) in [6, 6.07) is 0. The van der Waals surface area contributed by atoms with E-state index in [2.05, 4.69) is 49.6 Å². The molecule has 2 rings (SSSR count). The van der Waals surface area contributed by atoms with E-state index in [1.807, 2.05) is 0 Å². The zero-order chi connectivity index (χ0) is 25.2. The van der Waals surface area contributed by atoms with Gasteiger partial charge in [0.1, 0.15) is 28.1 Å². The quantitative estimate of drug-likeness (QED) is 0.369. The predicted octanol–water partition coefficient (Wildman–Crippen LogP) is 4.93. The lowest BCUT2D eigenvalue weighted by Gasteiger charge is -2.27. The van der Waals surface area contributed by atoms with E-state index < -0.39 is 33.4 Å². The summed E-state index contributed by atoms with van der Waals surface area (Å²) >= 11 is 3.36. The maximum absolute atomic E-state index is 12.9. The molecule has 0 unspecified atom stereocenters. The third-order valence-corrected chi connectivity index (χ3v) is 5.78. The van der Waals surface area contributed by atoms with Crippen LogP contribution < -0.4 is 4.90 Å². The number of amides is 2. The highest BCUT2D eigenvalue weighted by Gasteiger charge is 2.35. The average molecular weight is 549 g/mol. The van der Waals surface area contributed by atoms with E-state index in [0.29, 0.717) is 27.3 Å². The Morgan fingerprint density at radius 3 is 2.06 bits per heavy atom. The first kappa shape index (κ1) is 27.3. The summed E-state index contributed by atoms with van der Waals surface area (Å²) in [6.45, 7) is 11.0. The first-order valence-electron chi connectivity index (χ1n) is 10.3. The molecule has 2 amide bonds. The third kappa shape index (κ3) is 8.42. The molecule has 10 nitrogen and oxygen atoms in total. The molecule has 12 heteroatoms. The highest BCUT2D eigenvalue weighted by Crippen LogP contribution is 2.33. The van der Waals surface area contributed by atoms with Gasteiger partial charge in [-0.25, -0.2) is 29.6 Å². The monoisotopic (exact) mass is 547 g/mol. The second-order valence-corrected chi connectivity index (χ2v) is 15.7. The number of rotatable bonds is 6. The van der Waals surface area contributed by atoms with Crippen molar-refractivity contribution in [1.29, 1.82) is 0 Å². The molecule has 0 aliphatic carbocycles. The molecule has 186 valence electrons. The predicted molar refractivity (Wildman–Crippen MR) is 134 cm³/mol. The number of hydrogen-bond donors (Lipinski definition) is 0. The van der Waals surface area contributed by atoms with Crippen molar-refractivity contribution in [3.63, 3.8) is 0 Å². The highest BCUT2D eigenvalue weighted by atomic mass is 79.9. The average Bonchev–Trinajstić information content (AvgIpc) is 2.98. The van der Waals surface area contributed by atoms with Gasteiger partial charge in [-0.2, -0.15) is 4.98 Å². The van der Waals surface area contributed by atoms with Crippen molar-refractivity contribution < 1.29 is 23.8 Å². The van der Waals surface area contributed by atoms with Gasteiger partial charge in [-0.1, -0.05) is 0 Å². The van der Waals surface area contributed by atoms with Crippen molar-refractivity contribution in [3.05, 3.63) is 10.9 Å². The van der Waals surface area contributed by atoms with Gasteiger partial charge in [-0.15, -0.1) is 4.90 Å². The number of carbonyl (C=O) groups excluding carboxylic acids is 2. The summed E-state index contributed by atoms with van der Waals surface area (Å²) in [6.07, 6.45) is 6.35. The van der Waals surface area contributed by atoms with E-state index in [1.54, 1.807) is 52.4 Å². The van der Waals surface area contributed by atoms with Crippen LogP contribution in [0.4, 0.5) is 15.5 Å². The smallest absolute Gasteiger partial charge is 0.427 e. The van der Waals surface area contributed by atoms with Crippen LogP contribution in [0.3, 0.4) is 0 Å². The van der Waals surface area contributed by atoms with Crippen LogP contribution in [-0.4, -0.2) is 74.0 Å². The molecule has 33 heavy (non-hydrogen) atoms. The number of nitrogens with zero attached hydrogens (tertiary/aromatic N) is 5. The zero-order valence-corrected chi connectivity index (χ0v) is 23.2. The van der Waals surface area contributed by atoms with Gasteiger partial charge in [0, 0.05) is 5.75 Å². The standard InChI is InChI=1S/C21H34BrN5O5S/c1-20(2,3)31-18(28)27(19(29)32-21(4,5)6)17-24-15(22)14-16(25-17)26(12-23-14)13-30-10-11-33(7,8)9/h12H,10-11,13H2,1-9H3. The Morgan fingerprint density at radius 2 is 1.58 bits per heavy atom. The first-order valence-corrected chi connectivity index (χ1v) is 14.2. The summed E-state index contributed by atoms with van der Waals surface area (Å²) in [5, 5.41) is 0. The second-order valence-electron chi connectivity index (χ2n) is 10.3. The summed E-state index contributed by atoms with van der Waals surface area (Å²) in [5.74, 6) is 0.771. The first-order chi connectivity index (χ1) is 15.0. The van der Waals surface area contributed by atoms with E-state index >= 15 is 0 Å². The van der Waals surface area contributed by atoms with Gasteiger partial charge in [0.05, 0.1) is 12.9 Å². The number of fused-ring (bicyclic) bond motifs is 1. The van der Waals surface area contributed by atoms with Crippen LogP contribution in [0.1, 0.15) is 41.5 Å². The molecule has 0 bridgehead atoms. The number of imide groups is 1. The molecule has 2 aromatic heterocycles. The van der Waals surface area contributed by atoms with Gasteiger partial charge in [0.15, 0.2) is 5.65 Å². The molecule has 0 aromatic carbocycles. The Labute approximate surface area is 204 Å². The lowest BCUT2D eigenvalue weighted by atomic mass is 10.2. The summed E-state index contributed by atoms with van der Waals surface area (Å²) in [7, 11) is -0.674. The Morgan fingerprint density at radius 1 is 1.03 bits per heavy atom. The van der Waals surface area contributed by atoms with Crippen molar-refractivity contribution in [2.75, 3.05) is 36.0 Å². The minimum atomic E-state index is -0.946. The van der Waals surface area contributed by atoms with E-state index in [0.717, 1.165) is 5.75 Å². The molecule has 2 heterocycles. The fourth-order valence-corrected chi connectivity index (χ4v) is 3.47. The summed E-state index contributed by atoms with van der Waals surface area (Å²) in [4.78, 5) is 39.5. The van der Waals surface area contributed by atoms with Crippen molar-refractivity contribution in [1.82, 2.24) is 19.5 Å². The van der Waals surface area contributed by atoms with Crippen LogP contribution >= 0.6 is 26.0 Å². The van der Waals surface area contributed by atoms with Gasteiger partial charge >= 0.3 is 12.2 Å². The Kier molecular flexibility index (Phi) is 8.40. The van der Waals surface area contributed by atoms with Gasteiger partial charge in [0.25, 0.3) is 0 Å². The largest absolute Gasteiger partial charge is 0.443 e. The fourth-order valence-electron chi connectivity index (χ4n) is 2.42. The third-order valence-electron chi connectivity index (χ3n) is 3.83. The normalized spacial score (nSPS) is 13.2. The minimum absolute atomic E-state index is 0.196. The maximum Gasteiger partial charge on any atom is 0.427 e. The van der Waals surface area contributed by atoms with Gasteiger partial charge in [-0.3, -0.25) is 4.57 Å². The van der Waals surface area contributed by atoms with Crippen molar-refractivity contribution in [2.45, 2.75) is 59.5 Å². The van der Waals surface area contributed by atoms with Crippen LogP contribution in [0.5, 0.6) is 0 Å². The Hall–Kier alpha value is -1.92. The van der Waals surface area contributed by atoms with E-state index in [-0.39, 0.29) is 12.7 Å². The van der Waals surface area contributed by atoms with E-state index in [4.69, 9.17) is 14.2 Å². The summed E-state index contributed by atoms with van der Waals surface area (Å²) < 4.78 is 18.6. The molecule has 0 atom stereocenters. The molecular formula is C21H34BrN5O5S. The molecule has 0 fully saturated rings.